The van der Waals surface area contributed by atoms with E-state index >= 15 is 0 Å². The topological polar surface area (TPSA) is 29.5 Å². The normalized spacial score (nSPS) is 10.1. The van der Waals surface area contributed by atoms with Gasteiger partial charge < -0.3 is 4.74 Å². The molecule has 0 spiro atoms. The van der Waals surface area contributed by atoms with E-state index in [1.165, 1.54) is 11.9 Å². The van der Waals surface area contributed by atoms with Gasteiger partial charge in [-0.15, -0.1) is 6.58 Å². The summed E-state index contributed by atoms with van der Waals surface area (Å²) in [6.45, 7) is 10.8. The molecule has 0 saturated heterocycles. The number of carbonyl (C=O) groups is 1. The number of carbonyl (C=O) groups excluding carboxylic acids is 1. The van der Waals surface area contributed by atoms with Gasteiger partial charge in [0, 0.05) is 24.9 Å². The highest BCUT2D eigenvalue weighted by Crippen LogP contribution is 2.18. The van der Waals surface area contributed by atoms with Gasteiger partial charge in [0.2, 0.25) is 10.3 Å². The van der Waals surface area contributed by atoms with Gasteiger partial charge in [-0.2, -0.15) is 0 Å². The molecule has 1 amide bonds. The lowest BCUT2D eigenvalue weighted by atomic mass is 10.2. The smallest absolute Gasteiger partial charge is 0.241 e. The number of hydrogen-bond acceptors (Lipinski definition) is 4. The highest BCUT2D eigenvalue weighted by atomic mass is 32.2. The van der Waals surface area contributed by atoms with Crippen molar-refractivity contribution in [3.05, 3.63) is 12.7 Å². The quantitative estimate of drug-likeness (QED) is 0.422. The van der Waals surface area contributed by atoms with Gasteiger partial charge in [0.1, 0.15) is 0 Å². The Morgan fingerprint density at radius 2 is 2.24 bits per heavy atom. The molecule has 5 heteroatoms. The maximum Gasteiger partial charge on any atom is 0.241 e. The predicted octanol–water partition coefficient (Wildman–Crippen LogP) is 3.41. The first-order valence-electron chi connectivity index (χ1n) is 5.77. The summed E-state index contributed by atoms with van der Waals surface area (Å²) >= 11 is 6.26. The Balaban J connectivity index is 4.35. The van der Waals surface area contributed by atoms with Crippen LogP contribution in [-0.2, 0) is 9.53 Å². The van der Waals surface area contributed by atoms with E-state index in [9.17, 15) is 4.79 Å². The van der Waals surface area contributed by atoms with Crippen molar-refractivity contribution in [2.75, 3.05) is 13.2 Å². The fourth-order valence-electron chi connectivity index (χ4n) is 1.11. The molecule has 3 nitrogen and oxygen atoms in total. The number of rotatable bonds is 6. The molecule has 0 atom stereocenters. The molecule has 17 heavy (non-hydrogen) atoms. The fraction of sp³-hybridized carbons (Fsp3) is 0.667. The zero-order valence-corrected chi connectivity index (χ0v) is 12.4. The van der Waals surface area contributed by atoms with Crippen LogP contribution in [0.1, 0.15) is 33.6 Å². The van der Waals surface area contributed by atoms with Crippen LogP contribution < -0.4 is 0 Å². The minimum atomic E-state index is 0.0747. The first kappa shape index (κ1) is 16.4. The Labute approximate surface area is 114 Å². The van der Waals surface area contributed by atoms with E-state index in [4.69, 9.17) is 17.0 Å². The second-order valence-electron chi connectivity index (χ2n) is 3.95. The predicted molar refractivity (Wildman–Crippen MR) is 77.8 cm³/mol. The van der Waals surface area contributed by atoms with Crippen molar-refractivity contribution >= 4 is 34.5 Å². The lowest BCUT2D eigenvalue weighted by Gasteiger charge is -2.22. The van der Waals surface area contributed by atoms with Crippen LogP contribution in [0.25, 0.3) is 0 Å². The monoisotopic (exact) mass is 275 g/mol. The van der Waals surface area contributed by atoms with Crippen molar-refractivity contribution in [2.24, 2.45) is 5.92 Å². The largest absolute Gasteiger partial charge is 0.478 e. The van der Waals surface area contributed by atoms with Crippen LogP contribution in [0.5, 0.6) is 0 Å². The lowest BCUT2D eigenvalue weighted by Crippen LogP contribution is -2.29. The van der Waals surface area contributed by atoms with Crippen molar-refractivity contribution in [3.63, 3.8) is 0 Å². The Morgan fingerprint density at radius 1 is 1.59 bits per heavy atom. The molecule has 0 radical (unpaired) electrons. The van der Waals surface area contributed by atoms with E-state index in [0.29, 0.717) is 36.3 Å². The average Bonchev–Trinajstić information content (AvgIpc) is 2.24. The third-order valence-electron chi connectivity index (χ3n) is 1.82. The summed E-state index contributed by atoms with van der Waals surface area (Å²) in [4.78, 5) is 11.9. The van der Waals surface area contributed by atoms with Crippen molar-refractivity contribution in [1.29, 1.82) is 0 Å². The molecule has 0 unspecified atom stereocenters. The Kier molecular flexibility index (Phi) is 9.17. The van der Waals surface area contributed by atoms with Crippen molar-refractivity contribution < 1.29 is 9.53 Å². The number of thiocarbonyl (C=S) groups is 1. The van der Waals surface area contributed by atoms with Gasteiger partial charge in [-0.3, -0.25) is 9.10 Å². The standard InChI is InChI=1S/C12H21NO2S2/c1-5-7-8-11(14)13(9-10(3)4)17-12(16)15-6-2/h5,10H,1,6-9H2,2-4H3. The molecule has 0 bridgehead atoms. The van der Waals surface area contributed by atoms with Gasteiger partial charge in [0.05, 0.1) is 6.61 Å². The van der Waals surface area contributed by atoms with E-state index in [0.717, 1.165) is 0 Å². The van der Waals surface area contributed by atoms with Crippen LogP contribution in [-0.4, -0.2) is 27.7 Å². The first-order valence-corrected chi connectivity index (χ1v) is 6.95. The molecular formula is C12H21NO2S2. The minimum Gasteiger partial charge on any atom is -0.478 e. The lowest BCUT2D eigenvalue weighted by molar-refractivity contribution is -0.126. The van der Waals surface area contributed by atoms with E-state index in [-0.39, 0.29) is 5.91 Å². The van der Waals surface area contributed by atoms with Gasteiger partial charge in [-0.1, -0.05) is 19.9 Å². The van der Waals surface area contributed by atoms with Crippen molar-refractivity contribution in [2.45, 2.75) is 33.6 Å². The van der Waals surface area contributed by atoms with Gasteiger partial charge in [0.15, 0.2) is 0 Å². The third-order valence-corrected chi connectivity index (χ3v) is 3.00. The number of nitrogens with zero attached hydrogens (tertiary/aromatic N) is 1. The number of hydrogen-bond donors (Lipinski definition) is 0. The van der Waals surface area contributed by atoms with Gasteiger partial charge in [-0.05, 0) is 31.5 Å². The molecule has 0 aliphatic rings. The van der Waals surface area contributed by atoms with Crippen LogP contribution in [0.2, 0.25) is 0 Å². The third kappa shape index (κ3) is 8.21. The SMILES string of the molecule is C=CCCC(=O)N(CC(C)C)SC(=S)OCC. The molecule has 0 fully saturated rings. The second kappa shape index (κ2) is 9.48. The summed E-state index contributed by atoms with van der Waals surface area (Å²) in [5.41, 5.74) is 0. The molecule has 98 valence electrons. The highest BCUT2D eigenvalue weighted by molar-refractivity contribution is 8.21. The van der Waals surface area contributed by atoms with Crippen LogP contribution in [0.15, 0.2) is 12.7 Å². The van der Waals surface area contributed by atoms with Gasteiger partial charge >= 0.3 is 0 Å². The molecule has 0 aromatic rings. The Bertz CT molecular complexity index is 267. The van der Waals surface area contributed by atoms with Crippen molar-refractivity contribution in [1.82, 2.24) is 4.31 Å². The highest BCUT2D eigenvalue weighted by Gasteiger charge is 2.17. The fourth-order valence-corrected chi connectivity index (χ4v) is 2.41. The molecule has 0 saturated carbocycles. The summed E-state index contributed by atoms with van der Waals surface area (Å²) in [6.07, 6.45) is 2.91. The van der Waals surface area contributed by atoms with Crippen LogP contribution in [0.3, 0.4) is 0 Å². The molecule has 0 rings (SSSR count). The molecule has 0 aliphatic carbocycles. The molecule has 0 aromatic carbocycles. The van der Waals surface area contributed by atoms with Crippen LogP contribution in [0, 0.1) is 5.92 Å². The molecular weight excluding hydrogens is 254 g/mol. The van der Waals surface area contributed by atoms with E-state index in [2.05, 4.69) is 20.4 Å². The minimum absolute atomic E-state index is 0.0747. The van der Waals surface area contributed by atoms with E-state index in [1.807, 2.05) is 6.92 Å². The average molecular weight is 275 g/mol. The molecule has 0 aliphatic heterocycles. The maximum atomic E-state index is 11.9. The van der Waals surface area contributed by atoms with Gasteiger partial charge in [-0.25, -0.2) is 0 Å². The zero-order valence-electron chi connectivity index (χ0n) is 10.8. The number of allylic oxidation sites excluding steroid dienone is 1. The maximum absolute atomic E-state index is 11.9. The Hall–Kier alpha value is -0.550. The van der Waals surface area contributed by atoms with Gasteiger partial charge in [0.25, 0.3) is 0 Å². The van der Waals surface area contributed by atoms with E-state index < -0.39 is 0 Å². The van der Waals surface area contributed by atoms with Crippen LogP contribution >= 0.6 is 24.2 Å². The summed E-state index contributed by atoms with van der Waals surface area (Å²) in [7, 11) is 0. The molecule has 0 N–H and O–H groups in total. The van der Waals surface area contributed by atoms with Crippen LogP contribution in [0.4, 0.5) is 0 Å². The number of amides is 1. The summed E-state index contributed by atoms with van der Waals surface area (Å²) < 4.78 is 7.28. The summed E-state index contributed by atoms with van der Waals surface area (Å²) in [6, 6.07) is 0. The molecule has 0 heterocycles. The zero-order chi connectivity index (χ0) is 13.3. The number of ether oxygens (including phenoxy) is 1. The summed E-state index contributed by atoms with van der Waals surface area (Å²) in [5, 5.41) is 0. The summed E-state index contributed by atoms with van der Waals surface area (Å²) in [5.74, 6) is 0.477. The van der Waals surface area contributed by atoms with Crippen molar-refractivity contribution in [3.8, 4) is 0 Å². The first-order chi connectivity index (χ1) is 8.01. The second-order valence-corrected chi connectivity index (χ2v) is 5.57. The Morgan fingerprint density at radius 3 is 2.71 bits per heavy atom. The molecule has 0 aromatic heterocycles. The van der Waals surface area contributed by atoms with E-state index in [1.54, 1.807) is 10.4 Å².